The summed E-state index contributed by atoms with van der Waals surface area (Å²) in [4.78, 5) is 12.5. The van der Waals surface area contributed by atoms with Crippen molar-refractivity contribution in [3.63, 3.8) is 0 Å². The largest absolute Gasteiger partial charge is 0.496 e. The molecule has 8 nitrogen and oxygen atoms in total. The molecule has 1 fully saturated rings. The van der Waals surface area contributed by atoms with E-state index in [9.17, 15) is 5.26 Å². The average Bonchev–Trinajstić information content (AvgIpc) is 2.94. The molecule has 0 atom stereocenters. The summed E-state index contributed by atoms with van der Waals surface area (Å²) in [6.45, 7) is 3.86. The zero-order chi connectivity index (χ0) is 26.7. The van der Waals surface area contributed by atoms with E-state index >= 15 is 0 Å². The zero-order valence-corrected chi connectivity index (χ0v) is 23.2. The Morgan fingerprint density at radius 2 is 1.97 bits per heavy atom. The molecule has 3 aromatic rings. The van der Waals surface area contributed by atoms with Crippen LogP contribution in [-0.4, -0.2) is 68.4 Å². The molecule has 1 aliphatic heterocycles. The molecular formula is C29H36N6O2S. The van der Waals surface area contributed by atoms with Crippen LogP contribution in [0.15, 0.2) is 53.6 Å². The predicted octanol–water partition coefficient (Wildman–Crippen LogP) is 4.29. The number of ether oxygens (including phenoxy) is 2. The van der Waals surface area contributed by atoms with E-state index in [2.05, 4.69) is 52.2 Å². The summed E-state index contributed by atoms with van der Waals surface area (Å²) in [5, 5.41) is 13.1. The SMILES string of the molecule is COc1cc(Cc2nccc(-c3ccc(OC4CCNCC4)c(C#N)c3)n2)ccc1SNCCCN(C)C. The predicted molar refractivity (Wildman–Crippen MR) is 152 cm³/mol. The highest BCUT2D eigenvalue weighted by Gasteiger charge is 2.17. The molecule has 0 radical (unpaired) electrons. The second kappa shape index (κ2) is 14.1. The van der Waals surface area contributed by atoms with Gasteiger partial charge in [0.05, 0.1) is 23.3 Å². The third-order valence-corrected chi connectivity index (χ3v) is 7.24. The first kappa shape index (κ1) is 27.9. The molecule has 1 aromatic heterocycles. The Kier molecular flexibility index (Phi) is 10.4. The van der Waals surface area contributed by atoms with E-state index in [4.69, 9.17) is 14.5 Å². The number of nitrogens with zero attached hydrogens (tertiary/aromatic N) is 4. The van der Waals surface area contributed by atoms with Gasteiger partial charge >= 0.3 is 0 Å². The fourth-order valence-corrected chi connectivity index (χ4v) is 5.08. The number of nitriles is 1. The van der Waals surface area contributed by atoms with Gasteiger partial charge in [-0.1, -0.05) is 6.07 Å². The Hall–Kier alpha value is -3.16. The fourth-order valence-electron chi connectivity index (χ4n) is 4.30. The maximum atomic E-state index is 9.75. The van der Waals surface area contributed by atoms with Gasteiger partial charge in [-0.05, 0) is 107 Å². The molecule has 0 unspecified atom stereocenters. The van der Waals surface area contributed by atoms with Crippen LogP contribution in [0.1, 0.15) is 36.2 Å². The van der Waals surface area contributed by atoms with Crippen LogP contribution in [-0.2, 0) is 6.42 Å². The van der Waals surface area contributed by atoms with Crippen molar-refractivity contribution >= 4 is 11.9 Å². The smallest absolute Gasteiger partial charge is 0.137 e. The molecule has 1 saturated heterocycles. The maximum absolute atomic E-state index is 9.75. The minimum atomic E-state index is 0.139. The molecule has 0 aliphatic carbocycles. The number of piperidine rings is 1. The van der Waals surface area contributed by atoms with Crippen molar-refractivity contribution in [1.29, 1.82) is 5.26 Å². The molecule has 2 N–H and O–H groups in total. The molecule has 0 amide bonds. The van der Waals surface area contributed by atoms with Gasteiger partial charge in [0.25, 0.3) is 0 Å². The highest BCUT2D eigenvalue weighted by Crippen LogP contribution is 2.30. The highest BCUT2D eigenvalue weighted by atomic mass is 32.2. The Bertz CT molecular complexity index is 1240. The first-order valence-corrected chi connectivity index (χ1v) is 13.8. The third kappa shape index (κ3) is 7.92. The summed E-state index contributed by atoms with van der Waals surface area (Å²) in [7, 11) is 5.86. The van der Waals surface area contributed by atoms with Crippen LogP contribution >= 0.6 is 11.9 Å². The summed E-state index contributed by atoms with van der Waals surface area (Å²) in [6.07, 6.45) is 5.45. The topological polar surface area (TPSA) is 95.3 Å². The van der Waals surface area contributed by atoms with E-state index < -0.39 is 0 Å². The van der Waals surface area contributed by atoms with Crippen LogP contribution in [0, 0.1) is 11.3 Å². The van der Waals surface area contributed by atoms with Crippen LogP contribution in [0.2, 0.25) is 0 Å². The van der Waals surface area contributed by atoms with Crippen LogP contribution in [0.4, 0.5) is 0 Å². The first-order chi connectivity index (χ1) is 18.6. The monoisotopic (exact) mass is 532 g/mol. The van der Waals surface area contributed by atoms with Crippen LogP contribution in [0.25, 0.3) is 11.3 Å². The number of nitrogens with one attached hydrogen (secondary N) is 2. The molecule has 0 saturated carbocycles. The summed E-state index contributed by atoms with van der Waals surface area (Å²) in [5.74, 6) is 2.17. The summed E-state index contributed by atoms with van der Waals surface area (Å²) >= 11 is 1.59. The van der Waals surface area contributed by atoms with Crippen molar-refractivity contribution in [3.05, 3.63) is 65.6 Å². The Balaban J connectivity index is 1.42. The second-order valence-electron chi connectivity index (χ2n) is 9.56. The van der Waals surface area contributed by atoms with Gasteiger partial charge in [-0.3, -0.25) is 4.72 Å². The Morgan fingerprint density at radius 3 is 2.74 bits per heavy atom. The van der Waals surface area contributed by atoms with Gasteiger partial charge in [-0.15, -0.1) is 0 Å². The lowest BCUT2D eigenvalue weighted by Crippen LogP contribution is -2.34. The molecule has 0 bridgehead atoms. The third-order valence-electron chi connectivity index (χ3n) is 6.34. The normalized spacial score (nSPS) is 13.9. The van der Waals surface area contributed by atoms with Gasteiger partial charge < -0.3 is 19.7 Å². The lowest BCUT2D eigenvalue weighted by molar-refractivity contribution is 0.162. The quantitative estimate of drug-likeness (QED) is 0.262. The lowest BCUT2D eigenvalue weighted by atomic mass is 10.1. The first-order valence-electron chi connectivity index (χ1n) is 13.0. The highest BCUT2D eigenvalue weighted by molar-refractivity contribution is 7.97. The lowest BCUT2D eigenvalue weighted by Gasteiger charge is -2.24. The van der Waals surface area contributed by atoms with Crippen molar-refractivity contribution in [2.75, 3.05) is 47.4 Å². The standard InChI is InChI=1S/C29H36N6O2S/c1-35(2)16-4-12-33-38-28-8-5-21(17-27(28)36-3)18-29-32-15-11-25(34-29)22-6-7-26(23(19-22)20-30)37-24-9-13-31-14-10-24/h5-8,11,15,17,19,24,31,33H,4,9-10,12-14,16,18H2,1-3H3. The fraction of sp³-hybridized carbons (Fsp3) is 0.414. The number of rotatable bonds is 12. The average molecular weight is 533 g/mol. The van der Waals surface area contributed by atoms with E-state index in [-0.39, 0.29) is 6.10 Å². The zero-order valence-electron chi connectivity index (χ0n) is 22.4. The Labute approximate surface area is 229 Å². The van der Waals surface area contributed by atoms with E-state index in [0.717, 1.165) is 72.9 Å². The van der Waals surface area contributed by atoms with Gasteiger partial charge in [0.15, 0.2) is 0 Å². The molecule has 1 aliphatic rings. The van der Waals surface area contributed by atoms with Crippen molar-refractivity contribution in [1.82, 2.24) is 24.9 Å². The van der Waals surface area contributed by atoms with E-state index in [1.54, 1.807) is 25.3 Å². The molecule has 0 spiro atoms. The van der Waals surface area contributed by atoms with Gasteiger partial charge in [0.2, 0.25) is 0 Å². The summed E-state index contributed by atoms with van der Waals surface area (Å²) in [6, 6.07) is 16.1. The van der Waals surface area contributed by atoms with Crippen molar-refractivity contribution in [2.24, 2.45) is 0 Å². The second-order valence-corrected chi connectivity index (χ2v) is 10.5. The van der Waals surface area contributed by atoms with Gasteiger partial charge in [0, 0.05) is 24.7 Å². The van der Waals surface area contributed by atoms with Crippen LogP contribution in [0.3, 0.4) is 0 Å². The van der Waals surface area contributed by atoms with Crippen molar-refractivity contribution < 1.29 is 9.47 Å². The van der Waals surface area contributed by atoms with Crippen LogP contribution in [0.5, 0.6) is 11.5 Å². The van der Waals surface area contributed by atoms with Gasteiger partial charge in [0.1, 0.15) is 29.5 Å². The maximum Gasteiger partial charge on any atom is 0.137 e. The number of hydrogen-bond donors (Lipinski definition) is 2. The van der Waals surface area contributed by atoms with Crippen molar-refractivity contribution in [3.8, 4) is 28.8 Å². The molecule has 200 valence electrons. The summed E-state index contributed by atoms with van der Waals surface area (Å²) < 4.78 is 15.2. The summed E-state index contributed by atoms with van der Waals surface area (Å²) in [5.41, 5.74) is 3.24. The minimum Gasteiger partial charge on any atom is -0.496 e. The number of aromatic nitrogens is 2. The van der Waals surface area contributed by atoms with Crippen LogP contribution < -0.4 is 19.5 Å². The number of benzene rings is 2. The Morgan fingerprint density at radius 1 is 1.13 bits per heavy atom. The number of hydrogen-bond acceptors (Lipinski definition) is 9. The molecule has 4 rings (SSSR count). The van der Waals surface area contributed by atoms with E-state index in [0.29, 0.717) is 23.6 Å². The number of methoxy groups -OCH3 is 1. The minimum absolute atomic E-state index is 0.139. The van der Waals surface area contributed by atoms with Gasteiger partial charge in [-0.25, -0.2) is 9.97 Å². The molecule has 2 aromatic carbocycles. The van der Waals surface area contributed by atoms with E-state index in [1.807, 2.05) is 30.3 Å². The van der Waals surface area contributed by atoms with E-state index in [1.165, 1.54) is 0 Å². The van der Waals surface area contributed by atoms with Gasteiger partial charge in [-0.2, -0.15) is 5.26 Å². The van der Waals surface area contributed by atoms with Crippen molar-refractivity contribution in [2.45, 2.75) is 36.7 Å². The molecule has 2 heterocycles. The molecule has 38 heavy (non-hydrogen) atoms. The molecular weight excluding hydrogens is 496 g/mol. The molecule has 9 heteroatoms.